The van der Waals surface area contributed by atoms with Gasteiger partial charge in [-0.25, -0.2) is 4.39 Å². The summed E-state index contributed by atoms with van der Waals surface area (Å²) in [4.78, 5) is 0. The molecule has 4 heteroatoms. The molecule has 0 saturated heterocycles. The molecule has 0 amide bonds. The number of aliphatic hydroxyl groups excluding tert-OH is 1. The van der Waals surface area contributed by atoms with Crippen LogP contribution < -0.4 is 0 Å². The van der Waals surface area contributed by atoms with E-state index in [-0.39, 0.29) is 12.2 Å². The lowest BCUT2D eigenvalue weighted by atomic mass is 10.0. The van der Waals surface area contributed by atoms with Crippen LogP contribution >= 0.6 is 11.6 Å². The standard InChI is InChI=1S/C15H11ClFNO/c16-14-6-5-13(17)7-12(14)8-15(19)11-3-1-10(9-18)2-4-11/h1-7,15,19H,8H2. The maximum Gasteiger partial charge on any atom is 0.123 e. The molecule has 0 aliphatic heterocycles. The number of aliphatic hydroxyl groups is 1. The average molecular weight is 276 g/mol. The summed E-state index contributed by atoms with van der Waals surface area (Å²) in [6.45, 7) is 0. The molecule has 0 heterocycles. The summed E-state index contributed by atoms with van der Waals surface area (Å²) >= 11 is 5.95. The van der Waals surface area contributed by atoms with Gasteiger partial charge in [0.15, 0.2) is 0 Å². The summed E-state index contributed by atoms with van der Waals surface area (Å²) in [6.07, 6.45) is -0.560. The number of nitrogens with zero attached hydrogens (tertiary/aromatic N) is 1. The van der Waals surface area contributed by atoms with Crippen LogP contribution in [0.25, 0.3) is 0 Å². The molecule has 1 N–H and O–H groups in total. The fraction of sp³-hybridized carbons (Fsp3) is 0.133. The normalized spacial score (nSPS) is 11.9. The van der Waals surface area contributed by atoms with Crippen molar-refractivity contribution in [1.29, 1.82) is 5.26 Å². The van der Waals surface area contributed by atoms with Gasteiger partial charge < -0.3 is 5.11 Å². The monoisotopic (exact) mass is 275 g/mol. The molecule has 19 heavy (non-hydrogen) atoms. The second kappa shape index (κ2) is 5.83. The summed E-state index contributed by atoms with van der Waals surface area (Å²) in [5.74, 6) is -0.383. The molecule has 0 saturated carbocycles. The van der Waals surface area contributed by atoms with Crippen LogP contribution in [0.1, 0.15) is 22.8 Å². The lowest BCUT2D eigenvalue weighted by Crippen LogP contribution is -2.02. The minimum absolute atomic E-state index is 0.225. The highest BCUT2D eigenvalue weighted by Gasteiger charge is 2.11. The Morgan fingerprint density at radius 3 is 2.53 bits per heavy atom. The van der Waals surface area contributed by atoms with Crippen LogP contribution in [0, 0.1) is 17.1 Å². The summed E-state index contributed by atoms with van der Waals surface area (Å²) in [5, 5.41) is 19.2. The van der Waals surface area contributed by atoms with Crippen LogP contribution in [0.2, 0.25) is 5.02 Å². The summed E-state index contributed by atoms with van der Waals surface area (Å²) in [6, 6.07) is 12.7. The third-order valence-corrected chi connectivity index (χ3v) is 3.21. The number of benzene rings is 2. The molecule has 1 atom stereocenters. The molecule has 0 aliphatic carbocycles. The zero-order valence-electron chi connectivity index (χ0n) is 9.98. The zero-order valence-corrected chi connectivity index (χ0v) is 10.7. The second-order valence-electron chi connectivity index (χ2n) is 4.19. The van der Waals surface area contributed by atoms with Gasteiger partial charge in [-0.1, -0.05) is 23.7 Å². The topological polar surface area (TPSA) is 44.0 Å². The van der Waals surface area contributed by atoms with Gasteiger partial charge in [0.05, 0.1) is 17.7 Å². The van der Waals surface area contributed by atoms with E-state index in [4.69, 9.17) is 16.9 Å². The van der Waals surface area contributed by atoms with Crippen molar-refractivity contribution in [2.45, 2.75) is 12.5 Å². The Balaban J connectivity index is 2.18. The van der Waals surface area contributed by atoms with E-state index in [1.165, 1.54) is 18.2 Å². The summed E-state index contributed by atoms with van der Waals surface area (Å²) in [7, 11) is 0. The Morgan fingerprint density at radius 2 is 1.89 bits per heavy atom. The van der Waals surface area contributed by atoms with E-state index < -0.39 is 6.10 Å². The largest absolute Gasteiger partial charge is 0.388 e. The van der Waals surface area contributed by atoms with Crippen molar-refractivity contribution in [3.63, 3.8) is 0 Å². The predicted molar refractivity (Wildman–Crippen MR) is 71.2 cm³/mol. The van der Waals surface area contributed by atoms with Crippen LogP contribution in [-0.2, 0) is 6.42 Å². The molecule has 0 aromatic heterocycles. The molecule has 1 unspecified atom stereocenters. The van der Waals surface area contributed by atoms with Crippen LogP contribution in [-0.4, -0.2) is 5.11 Å². The lowest BCUT2D eigenvalue weighted by Gasteiger charge is -2.12. The maximum absolute atomic E-state index is 13.1. The van der Waals surface area contributed by atoms with Gasteiger partial charge in [0, 0.05) is 11.4 Å². The number of hydrogen-bond donors (Lipinski definition) is 1. The van der Waals surface area contributed by atoms with Gasteiger partial charge in [0.1, 0.15) is 5.82 Å². The second-order valence-corrected chi connectivity index (χ2v) is 4.60. The van der Waals surface area contributed by atoms with Gasteiger partial charge in [-0.2, -0.15) is 5.26 Å². The SMILES string of the molecule is N#Cc1ccc(C(O)Cc2cc(F)ccc2Cl)cc1. The number of nitriles is 1. The van der Waals surface area contributed by atoms with Crippen molar-refractivity contribution in [2.24, 2.45) is 0 Å². The Morgan fingerprint density at radius 1 is 1.21 bits per heavy atom. The van der Waals surface area contributed by atoms with Crippen molar-refractivity contribution < 1.29 is 9.50 Å². The third-order valence-electron chi connectivity index (χ3n) is 2.85. The highest BCUT2D eigenvalue weighted by molar-refractivity contribution is 6.31. The number of hydrogen-bond acceptors (Lipinski definition) is 2. The quantitative estimate of drug-likeness (QED) is 0.930. The minimum atomic E-state index is -0.785. The van der Waals surface area contributed by atoms with E-state index in [0.717, 1.165) is 0 Å². The summed E-state index contributed by atoms with van der Waals surface area (Å²) in [5.41, 5.74) is 1.75. The van der Waals surface area contributed by atoms with Crippen molar-refractivity contribution in [1.82, 2.24) is 0 Å². The molecular formula is C15H11ClFNO. The van der Waals surface area contributed by atoms with Crippen LogP contribution in [0.5, 0.6) is 0 Å². The van der Waals surface area contributed by atoms with Gasteiger partial charge in [0.2, 0.25) is 0 Å². The molecule has 2 rings (SSSR count). The van der Waals surface area contributed by atoms with E-state index >= 15 is 0 Å². The fourth-order valence-corrected chi connectivity index (χ4v) is 2.00. The minimum Gasteiger partial charge on any atom is -0.388 e. The van der Waals surface area contributed by atoms with Gasteiger partial charge >= 0.3 is 0 Å². The molecule has 96 valence electrons. The molecule has 2 aromatic carbocycles. The van der Waals surface area contributed by atoms with Crippen molar-refractivity contribution in [3.8, 4) is 6.07 Å². The van der Waals surface area contributed by atoms with Crippen LogP contribution in [0.4, 0.5) is 4.39 Å². The zero-order chi connectivity index (χ0) is 13.8. The van der Waals surface area contributed by atoms with Gasteiger partial charge in [-0.3, -0.25) is 0 Å². The first kappa shape index (κ1) is 13.5. The predicted octanol–water partition coefficient (Wildman–Crippen LogP) is 3.63. The van der Waals surface area contributed by atoms with Crippen LogP contribution in [0.3, 0.4) is 0 Å². The average Bonchev–Trinajstić information content (AvgIpc) is 2.43. The smallest absolute Gasteiger partial charge is 0.123 e. The van der Waals surface area contributed by atoms with Crippen molar-refractivity contribution in [3.05, 3.63) is 70.0 Å². The molecule has 2 aromatic rings. The maximum atomic E-state index is 13.1. The van der Waals surface area contributed by atoms with E-state index in [0.29, 0.717) is 21.7 Å². The third kappa shape index (κ3) is 3.31. The van der Waals surface area contributed by atoms with Crippen molar-refractivity contribution in [2.75, 3.05) is 0 Å². The Labute approximate surface area is 115 Å². The highest BCUT2D eigenvalue weighted by atomic mass is 35.5. The molecule has 0 aliphatic rings. The molecule has 0 radical (unpaired) electrons. The first-order chi connectivity index (χ1) is 9.10. The number of rotatable bonds is 3. The molecule has 0 fully saturated rings. The van der Waals surface area contributed by atoms with Gasteiger partial charge in [-0.05, 0) is 41.5 Å². The van der Waals surface area contributed by atoms with E-state index in [1.54, 1.807) is 24.3 Å². The molecule has 0 bridgehead atoms. The van der Waals surface area contributed by atoms with Gasteiger partial charge in [-0.15, -0.1) is 0 Å². The van der Waals surface area contributed by atoms with E-state index in [1.807, 2.05) is 6.07 Å². The Hall–Kier alpha value is -1.89. The van der Waals surface area contributed by atoms with Crippen LogP contribution in [0.15, 0.2) is 42.5 Å². The van der Waals surface area contributed by atoms with E-state index in [9.17, 15) is 9.50 Å². The molecule has 0 spiro atoms. The van der Waals surface area contributed by atoms with Gasteiger partial charge in [0.25, 0.3) is 0 Å². The lowest BCUT2D eigenvalue weighted by molar-refractivity contribution is 0.178. The summed E-state index contributed by atoms with van der Waals surface area (Å²) < 4.78 is 13.1. The molecule has 2 nitrogen and oxygen atoms in total. The fourth-order valence-electron chi connectivity index (χ4n) is 1.81. The highest BCUT2D eigenvalue weighted by Crippen LogP contribution is 2.24. The van der Waals surface area contributed by atoms with Crippen molar-refractivity contribution >= 4 is 11.6 Å². The molecular weight excluding hydrogens is 265 g/mol. The Kier molecular flexibility index (Phi) is 4.16. The number of halogens is 2. The van der Waals surface area contributed by atoms with E-state index in [2.05, 4.69) is 0 Å². The first-order valence-electron chi connectivity index (χ1n) is 5.72. The Bertz CT molecular complexity index is 619. The first-order valence-corrected chi connectivity index (χ1v) is 6.10.